The summed E-state index contributed by atoms with van der Waals surface area (Å²) >= 11 is 0. The molecule has 0 aliphatic carbocycles. The van der Waals surface area contributed by atoms with Crippen LogP contribution in [0.2, 0.25) is 0 Å². The second kappa shape index (κ2) is 4.95. The number of H-pyrrole nitrogens is 1. The Kier molecular flexibility index (Phi) is 3.27. The predicted molar refractivity (Wildman–Crippen MR) is 86.7 cm³/mol. The smallest absolute Gasteiger partial charge is 0.0465 e. The van der Waals surface area contributed by atoms with Crippen molar-refractivity contribution in [2.45, 2.75) is 26.8 Å². The maximum absolute atomic E-state index is 6.43. The summed E-state index contributed by atoms with van der Waals surface area (Å²) in [7, 11) is 0. The molecule has 1 heterocycles. The first kappa shape index (κ1) is 13.2. The van der Waals surface area contributed by atoms with Gasteiger partial charge in [0, 0.05) is 27.8 Å². The number of nitrogens with one attached hydrogen (secondary N) is 1. The fourth-order valence-electron chi connectivity index (χ4n) is 2.79. The zero-order chi connectivity index (χ0) is 14.3. The molecule has 3 rings (SSSR count). The van der Waals surface area contributed by atoms with E-state index in [9.17, 15) is 0 Å². The van der Waals surface area contributed by atoms with E-state index in [2.05, 4.69) is 68.2 Å². The van der Waals surface area contributed by atoms with Crippen molar-refractivity contribution in [2.24, 2.45) is 17.6 Å². The van der Waals surface area contributed by atoms with Crippen LogP contribution in [0.5, 0.6) is 0 Å². The lowest BCUT2D eigenvalue weighted by molar-refractivity contribution is 0.352. The van der Waals surface area contributed by atoms with Gasteiger partial charge in [-0.1, -0.05) is 45.0 Å². The highest BCUT2D eigenvalue weighted by Crippen LogP contribution is 2.31. The summed E-state index contributed by atoms with van der Waals surface area (Å²) < 4.78 is 0. The van der Waals surface area contributed by atoms with Crippen LogP contribution in [0.25, 0.3) is 21.8 Å². The minimum atomic E-state index is 0.0908. The lowest BCUT2D eigenvalue weighted by Crippen LogP contribution is -2.22. The minimum absolute atomic E-state index is 0.0908. The van der Waals surface area contributed by atoms with Gasteiger partial charge in [0.1, 0.15) is 0 Å². The molecule has 2 unspecified atom stereocenters. The number of para-hydroxylation sites is 1. The second-order valence-electron chi connectivity index (χ2n) is 6.10. The highest BCUT2D eigenvalue weighted by molar-refractivity contribution is 6.07. The third kappa shape index (κ3) is 2.10. The largest absolute Gasteiger partial charge is 0.355 e. The minimum Gasteiger partial charge on any atom is -0.355 e. The van der Waals surface area contributed by atoms with Gasteiger partial charge in [0.05, 0.1) is 0 Å². The molecule has 2 heteroatoms. The molecule has 0 spiro atoms. The van der Waals surface area contributed by atoms with Crippen molar-refractivity contribution in [3.8, 4) is 0 Å². The first-order valence-corrected chi connectivity index (χ1v) is 7.34. The maximum atomic E-state index is 6.43. The summed E-state index contributed by atoms with van der Waals surface area (Å²) in [6, 6.07) is 15.1. The Balaban J connectivity index is 2.12. The zero-order valence-electron chi connectivity index (χ0n) is 12.4. The quantitative estimate of drug-likeness (QED) is 0.714. The molecule has 1 aromatic heterocycles. The van der Waals surface area contributed by atoms with Crippen LogP contribution in [0.4, 0.5) is 0 Å². The van der Waals surface area contributed by atoms with Gasteiger partial charge in [-0.05, 0) is 35.6 Å². The van der Waals surface area contributed by atoms with Gasteiger partial charge < -0.3 is 10.7 Å². The highest BCUT2D eigenvalue weighted by Gasteiger charge is 2.18. The van der Waals surface area contributed by atoms with E-state index in [1.54, 1.807) is 0 Å². The molecule has 2 aromatic carbocycles. The number of aromatic amines is 1. The molecule has 3 N–H and O–H groups in total. The third-order valence-electron chi connectivity index (χ3n) is 4.53. The van der Waals surface area contributed by atoms with Gasteiger partial charge in [0.15, 0.2) is 0 Å². The Labute approximate surface area is 120 Å². The van der Waals surface area contributed by atoms with E-state index < -0.39 is 0 Å². The summed E-state index contributed by atoms with van der Waals surface area (Å²) in [6.07, 6.45) is 0. The van der Waals surface area contributed by atoms with Crippen molar-refractivity contribution in [1.82, 2.24) is 4.98 Å². The van der Waals surface area contributed by atoms with Crippen LogP contribution in [0.15, 0.2) is 42.5 Å². The molecule has 0 saturated heterocycles. The van der Waals surface area contributed by atoms with E-state index in [1.165, 1.54) is 27.4 Å². The summed E-state index contributed by atoms with van der Waals surface area (Å²) in [6.45, 7) is 6.69. The van der Waals surface area contributed by atoms with Crippen LogP contribution < -0.4 is 5.73 Å². The highest BCUT2D eigenvalue weighted by atomic mass is 14.7. The lowest BCUT2D eigenvalue weighted by Gasteiger charge is -2.23. The molecule has 0 bridgehead atoms. The fraction of sp³-hybridized carbons (Fsp3) is 0.333. The Hall–Kier alpha value is -1.80. The van der Waals surface area contributed by atoms with Crippen LogP contribution in [0.1, 0.15) is 32.4 Å². The average molecular weight is 266 g/mol. The van der Waals surface area contributed by atoms with Gasteiger partial charge in [-0.25, -0.2) is 0 Å². The van der Waals surface area contributed by atoms with Gasteiger partial charge in [-0.2, -0.15) is 0 Å². The number of hydrogen-bond acceptors (Lipinski definition) is 1. The normalized spacial score (nSPS) is 15.1. The van der Waals surface area contributed by atoms with E-state index >= 15 is 0 Å². The van der Waals surface area contributed by atoms with Crippen molar-refractivity contribution in [2.75, 3.05) is 0 Å². The molecule has 2 nitrogen and oxygen atoms in total. The van der Waals surface area contributed by atoms with Crippen molar-refractivity contribution in [3.63, 3.8) is 0 Å². The van der Waals surface area contributed by atoms with E-state index in [4.69, 9.17) is 5.73 Å². The van der Waals surface area contributed by atoms with Crippen molar-refractivity contribution >= 4 is 21.8 Å². The van der Waals surface area contributed by atoms with Crippen LogP contribution in [-0.2, 0) is 0 Å². The third-order valence-corrected chi connectivity index (χ3v) is 4.53. The van der Waals surface area contributed by atoms with Crippen LogP contribution in [0, 0.1) is 11.8 Å². The van der Waals surface area contributed by atoms with E-state index in [0.717, 1.165) is 0 Å². The standard InChI is InChI=1S/C18H22N2/c1-11(2)12(3)18(19)13-8-9-17-15(10-13)14-6-4-5-7-16(14)20-17/h4-12,18,20H,19H2,1-3H3. The zero-order valence-corrected chi connectivity index (χ0v) is 12.4. The first-order valence-electron chi connectivity index (χ1n) is 7.34. The molecule has 20 heavy (non-hydrogen) atoms. The maximum Gasteiger partial charge on any atom is 0.0465 e. The molecule has 3 aromatic rings. The summed E-state index contributed by atoms with van der Waals surface area (Å²) in [4.78, 5) is 3.46. The Morgan fingerprint density at radius 3 is 2.35 bits per heavy atom. The van der Waals surface area contributed by atoms with E-state index in [0.29, 0.717) is 11.8 Å². The van der Waals surface area contributed by atoms with Gasteiger partial charge in [-0.3, -0.25) is 0 Å². The van der Waals surface area contributed by atoms with Crippen LogP contribution in [0.3, 0.4) is 0 Å². The SMILES string of the molecule is CC(C)C(C)C(N)c1ccc2[nH]c3ccccc3c2c1. The number of rotatable bonds is 3. The van der Waals surface area contributed by atoms with Crippen molar-refractivity contribution < 1.29 is 0 Å². The number of hydrogen-bond donors (Lipinski definition) is 2. The average Bonchev–Trinajstić information content (AvgIpc) is 2.83. The molecule has 104 valence electrons. The molecular weight excluding hydrogens is 244 g/mol. The summed E-state index contributed by atoms with van der Waals surface area (Å²) in [5, 5.41) is 2.54. The monoisotopic (exact) mass is 266 g/mol. The Bertz CT molecular complexity index is 739. The van der Waals surface area contributed by atoms with E-state index in [-0.39, 0.29) is 6.04 Å². The summed E-state index contributed by atoms with van der Waals surface area (Å²) in [5.74, 6) is 1.06. The van der Waals surface area contributed by atoms with Gasteiger partial charge in [0.2, 0.25) is 0 Å². The second-order valence-corrected chi connectivity index (χ2v) is 6.10. The molecule has 0 saturated carbocycles. The fourth-order valence-corrected chi connectivity index (χ4v) is 2.79. The number of fused-ring (bicyclic) bond motifs is 3. The molecule has 0 radical (unpaired) electrons. The Morgan fingerprint density at radius 2 is 1.60 bits per heavy atom. The lowest BCUT2D eigenvalue weighted by atomic mass is 9.86. The summed E-state index contributed by atoms with van der Waals surface area (Å²) in [5.41, 5.74) is 10.0. The predicted octanol–water partition coefficient (Wildman–Crippen LogP) is 4.61. The van der Waals surface area contributed by atoms with Crippen molar-refractivity contribution in [3.05, 3.63) is 48.0 Å². The molecule has 0 amide bonds. The first-order chi connectivity index (χ1) is 9.58. The molecular formula is C18H22N2. The van der Waals surface area contributed by atoms with Crippen LogP contribution >= 0.6 is 0 Å². The molecule has 2 atom stereocenters. The van der Waals surface area contributed by atoms with E-state index in [1.807, 2.05) is 0 Å². The van der Waals surface area contributed by atoms with Gasteiger partial charge >= 0.3 is 0 Å². The number of nitrogens with two attached hydrogens (primary N) is 1. The van der Waals surface area contributed by atoms with Crippen molar-refractivity contribution in [1.29, 1.82) is 0 Å². The number of benzene rings is 2. The molecule has 0 aliphatic heterocycles. The molecule has 0 aliphatic rings. The van der Waals surface area contributed by atoms with Crippen LogP contribution in [-0.4, -0.2) is 4.98 Å². The van der Waals surface area contributed by atoms with Gasteiger partial charge in [-0.15, -0.1) is 0 Å². The topological polar surface area (TPSA) is 41.8 Å². The van der Waals surface area contributed by atoms with Gasteiger partial charge in [0.25, 0.3) is 0 Å². The molecule has 0 fully saturated rings. The number of aromatic nitrogens is 1. The Morgan fingerprint density at radius 1 is 0.900 bits per heavy atom.